The van der Waals surface area contributed by atoms with Gasteiger partial charge in [0.2, 0.25) is 11.8 Å². The predicted molar refractivity (Wildman–Crippen MR) is 145 cm³/mol. The Morgan fingerprint density at radius 1 is 1.24 bits per heavy atom. The molecule has 2 aromatic rings. The second-order valence-corrected chi connectivity index (χ2v) is 11.5. The fraction of sp³-hybridized carbons (Fsp3) is 0.429. The van der Waals surface area contributed by atoms with Crippen LogP contribution in [0.4, 0.5) is 0 Å². The van der Waals surface area contributed by atoms with Crippen molar-refractivity contribution in [1.29, 1.82) is 0 Å². The Bertz CT molecular complexity index is 1210. The van der Waals surface area contributed by atoms with Crippen molar-refractivity contribution in [2.45, 2.75) is 45.3 Å². The first-order chi connectivity index (χ1) is 17.8. The normalized spacial score (nSPS) is 23.1. The zero-order chi connectivity index (χ0) is 26.7. The molecule has 1 aromatic carbocycles. The van der Waals surface area contributed by atoms with Crippen molar-refractivity contribution in [3.05, 3.63) is 67.3 Å². The number of aromatic hydroxyl groups is 1. The van der Waals surface area contributed by atoms with E-state index in [-0.39, 0.29) is 37.1 Å². The van der Waals surface area contributed by atoms with Gasteiger partial charge in [-0.3, -0.25) is 14.5 Å². The number of nitrogens with zero attached hydrogens (tertiary/aromatic N) is 1. The van der Waals surface area contributed by atoms with Gasteiger partial charge in [0, 0.05) is 20.8 Å². The second kappa shape index (κ2) is 12.0. The molecule has 2 amide bonds. The molecule has 9 heteroatoms. The van der Waals surface area contributed by atoms with E-state index in [1.807, 2.05) is 36.6 Å². The summed E-state index contributed by atoms with van der Waals surface area (Å²) < 4.78 is 0.844. The molecular weight excluding hydrogens is 558 g/mol. The summed E-state index contributed by atoms with van der Waals surface area (Å²) in [4.78, 5) is 28.7. The van der Waals surface area contributed by atoms with Crippen molar-refractivity contribution < 1.29 is 30.0 Å². The highest BCUT2D eigenvalue weighted by molar-refractivity contribution is 9.10. The number of carbonyl (C=O) groups is 2. The Morgan fingerprint density at radius 3 is 2.68 bits per heavy atom. The number of halogens is 1. The molecule has 1 fully saturated rings. The molecule has 198 valence electrons. The van der Waals surface area contributed by atoms with Crippen molar-refractivity contribution in [3.63, 3.8) is 0 Å². The van der Waals surface area contributed by atoms with Crippen LogP contribution < -0.4 is 0 Å². The number of hydrogen-bond donors (Lipinski definition) is 4. The topological polar surface area (TPSA) is 118 Å². The second-order valence-electron chi connectivity index (χ2n) is 9.60. The van der Waals surface area contributed by atoms with Crippen LogP contribution in [0.3, 0.4) is 0 Å². The molecule has 1 aromatic heterocycles. The lowest BCUT2D eigenvalue weighted by atomic mass is 9.68. The summed E-state index contributed by atoms with van der Waals surface area (Å²) in [5.41, 5.74) is 2.69. The molecule has 0 saturated carbocycles. The van der Waals surface area contributed by atoms with Gasteiger partial charge in [0.1, 0.15) is 5.75 Å². The summed E-state index contributed by atoms with van der Waals surface area (Å²) in [5.74, 6) is -2.58. The van der Waals surface area contributed by atoms with Gasteiger partial charge in [0.25, 0.3) is 0 Å². The smallest absolute Gasteiger partial charge is 0.234 e. The molecule has 0 spiro atoms. The lowest BCUT2D eigenvalue weighted by Gasteiger charge is -2.36. The summed E-state index contributed by atoms with van der Waals surface area (Å²) in [5, 5.41) is 43.8. The first kappa shape index (κ1) is 27.7. The van der Waals surface area contributed by atoms with E-state index in [0.717, 1.165) is 14.9 Å². The summed E-state index contributed by atoms with van der Waals surface area (Å²) in [6, 6.07) is 8.93. The zero-order valence-corrected chi connectivity index (χ0v) is 23.0. The Labute approximate surface area is 228 Å². The number of hydrogen-bond acceptors (Lipinski definition) is 7. The highest BCUT2D eigenvalue weighted by Gasteiger charge is 2.54. The van der Waals surface area contributed by atoms with Crippen LogP contribution in [0.15, 0.2) is 56.9 Å². The minimum atomic E-state index is -0.986. The highest BCUT2D eigenvalue weighted by atomic mass is 79.9. The molecule has 0 radical (unpaired) electrons. The largest absolute Gasteiger partial charge is 0.507 e. The summed E-state index contributed by atoms with van der Waals surface area (Å²) in [7, 11) is 0. The SMILES string of the molecule is CC/C(=C\c1cc(Br)ccc1O)CC[C@@H](O)C1=C(CO)C[C@H]2C(=O)N(Cc3cccs3)C(=O)[C@H]2[C@H]1CO. The number of aliphatic hydroxyl groups excluding tert-OH is 3. The van der Waals surface area contributed by atoms with Crippen molar-refractivity contribution >= 4 is 45.2 Å². The molecule has 37 heavy (non-hydrogen) atoms. The summed E-state index contributed by atoms with van der Waals surface area (Å²) in [6.07, 6.45) is 2.66. The van der Waals surface area contributed by atoms with E-state index in [1.165, 1.54) is 16.2 Å². The van der Waals surface area contributed by atoms with Gasteiger partial charge in [-0.2, -0.15) is 0 Å². The van der Waals surface area contributed by atoms with Crippen LogP contribution in [0.25, 0.3) is 6.08 Å². The van der Waals surface area contributed by atoms with Gasteiger partial charge >= 0.3 is 0 Å². The van der Waals surface area contributed by atoms with Gasteiger partial charge in [-0.1, -0.05) is 40.6 Å². The van der Waals surface area contributed by atoms with E-state index in [0.29, 0.717) is 36.0 Å². The number of allylic oxidation sites excluding steroid dienone is 1. The molecule has 7 nitrogen and oxygen atoms in total. The van der Waals surface area contributed by atoms with Crippen molar-refractivity contribution in [2.75, 3.05) is 13.2 Å². The minimum absolute atomic E-state index is 0.162. The van der Waals surface area contributed by atoms with Crippen LogP contribution in [0, 0.1) is 17.8 Å². The lowest BCUT2D eigenvalue weighted by Crippen LogP contribution is -2.39. The number of imide groups is 1. The molecule has 4 rings (SSSR count). The lowest BCUT2D eigenvalue weighted by molar-refractivity contribution is -0.140. The van der Waals surface area contributed by atoms with Gasteiger partial charge in [-0.25, -0.2) is 0 Å². The van der Waals surface area contributed by atoms with Gasteiger partial charge < -0.3 is 20.4 Å². The van der Waals surface area contributed by atoms with Gasteiger partial charge in [0.05, 0.1) is 37.7 Å². The number of fused-ring (bicyclic) bond motifs is 1. The Morgan fingerprint density at radius 2 is 2.03 bits per heavy atom. The number of phenolic OH excluding ortho intramolecular Hbond substituents is 1. The third kappa shape index (κ3) is 5.76. The van der Waals surface area contributed by atoms with Crippen molar-refractivity contribution in [1.82, 2.24) is 4.90 Å². The summed E-state index contributed by atoms with van der Waals surface area (Å²) >= 11 is 4.88. The van der Waals surface area contributed by atoms with E-state index in [1.54, 1.807) is 12.1 Å². The molecule has 1 saturated heterocycles. The number of phenols is 1. The molecule has 0 unspecified atom stereocenters. The van der Waals surface area contributed by atoms with E-state index < -0.39 is 30.5 Å². The van der Waals surface area contributed by atoms with Crippen LogP contribution in [0.5, 0.6) is 5.75 Å². The number of amides is 2. The van der Waals surface area contributed by atoms with E-state index >= 15 is 0 Å². The van der Waals surface area contributed by atoms with Crippen LogP contribution in [0.1, 0.15) is 43.0 Å². The molecular formula is C28H32BrNO6S. The number of likely N-dealkylation sites (tertiary alicyclic amines) is 1. The van der Waals surface area contributed by atoms with E-state index in [2.05, 4.69) is 15.9 Å². The molecule has 2 aliphatic rings. The fourth-order valence-corrected chi connectivity index (χ4v) is 6.65. The molecule has 1 aliphatic heterocycles. The minimum Gasteiger partial charge on any atom is -0.507 e. The Balaban J connectivity index is 1.55. The third-order valence-corrected chi connectivity index (χ3v) is 8.81. The van der Waals surface area contributed by atoms with Gasteiger partial charge in [-0.15, -0.1) is 11.3 Å². The number of benzene rings is 1. The fourth-order valence-electron chi connectivity index (χ4n) is 5.57. The van der Waals surface area contributed by atoms with E-state index in [9.17, 15) is 30.0 Å². The number of thiophene rings is 1. The van der Waals surface area contributed by atoms with E-state index in [4.69, 9.17) is 0 Å². The molecule has 2 heterocycles. The van der Waals surface area contributed by atoms with Crippen molar-refractivity contribution in [2.24, 2.45) is 17.8 Å². The first-order valence-corrected chi connectivity index (χ1v) is 14.1. The standard InChI is InChI=1S/C28H32BrNO6S/c1-2-16(10-17-11-19(29)6-8-23(17)33)5-7-24(34)25-18(14-31)12-21-26(22(25)15-32)28(36)30(27(21)35)13-20-4-3-9-37-20/h3-4,6,8-11,21-22,24,26,31-34H,2,5,7,12-15H2,1H3/b16-10+/t21-,22+,24-,26-/m1/s1. The number of carbonyl (C=O) groups excluding carboxylic acids is 2. The first-order valence-electron chi connectivity index (χ1n) is 12.5. The zero-order valence-electron chi connectivity index (χ0n) is 20.6. The van der Waals surface area contributed by atoms with Crippen LogP contribution >= 0.6 is 27.3 Å². The predicted octanol–water partition coefficient (Wildman–Crippen LogP) is 4.25. The van der Waals surface area contributed by atoms with Crippen molar-refractivity contribution in [3.8, 4) is 5.75 Å². The van der Waals surface area contributed by atoms with Crippen LogP contribution in [-0.2, 0) is 16.1 Å². The quantitative estimate of drug-likeness (QED) is 0.243. The molecule has 0 bridgehead atoms. The summed E-state index contributed by atoms with van der Waals surface area (Å²) in [6.45, 7) is 1.45. The molecule has 4 atom stereocenters. The maximum absolute atomic E-state index is 13.4. The Kier molecular flexibility index (Phi) is 9.03. The average molecular weight is 591 g/mol. The Hall–Kier alpha value is -2.30. The number of rotatable bonds is 10. The van der Waals surface area contributed by atoms with Gasteiger partial charge in [-0.05, 0) is 66.5 Å². The maximum atomic E-state index is 13.4. The monoisotopic (exact) mass is 589 g/mol. The van der Waals surface area contributed by atoms with Crippen LogP contribution in [-0.4, -0.2) is 56.5 Å². The van der Waals surface area contributed by atoms with Gasteiger partial charge in [0.15, 0.2) is 0 Å². The maximum Gasteiger partial charge on any atom is 0.234 e. The molecule has 1 aliphatic carbocycles. The van der Waals surface area contributed by atoms with Crippen LogP contribution in [0.2, 0.25) is 0 Å². The average Bonchev–Trinajstić information content (AvgIpc) is 3.49. The third-order valence-electron chi connectivity index (χ3n) is 7.46. The highest BCUT2D eigenvalue weighted by Crippen LogP contribution is 2.46. The molecule has 4 N–H and O–H groups in total. The number of aliphatic hydroxyl groups is 3.